The van der Waals surface area contributed by atoms with Gasteiger partial charge in [0, 0.05) is 17.1 Å². The van der Waals surface area contributed by atoms with E-state index in [1.807, 2.05) is 30.3 Å². The van der Waals surface area contributed by atoms with Gasteiger partial charge in [0.2, 0.25) is 5.88 Å². The van der Waals surface area contributed by atoms with Crippen LogP contribution < -0.4 is 10.1 Å². The number of hydrogen-bond acceptors (Lipinski definition) is 3. The van der Waals surface area contributed by atoms with Crippen LogP contribution in [0.4, 0.5) is 0 Å². The molecular formula is C17H21BrN2O. The van der Waals surface area contributed by atoms with Gasteiger partial charge in [0.25, 0.3) is 0 Å². The Hall–Kier alpha value is -1.39. The van der Waals surface area contributed by atoms with Crippen molar-refractivity contribution in [3.05, 3.63) is 52.1 Å². The monoisotopic (exact) mass is 348 g/mol. The molecule has 1 aromatic heterocycles. The molecule has 0 bridgehead atoms. The van der Waals surface area contributed by atoms with Crippen molar-refractivity contribution in [1.82, 2.24) is 10.3 Å². The van der Waals surface area contributed by atoms with Gasteiger partial charge in [0.15, 0.2) is 0 Å². The third-order valence-electron chi connectivity index (χ3n) is 3.15. The maximum Gasteiger partial charge on any atom is 0.219 e. The highest BCUT2D eigenvalue weighted by atomic mass is 79.9. The van der Waals surface area contributed by atoms with Crippen molar-refractivity contribution in [2.45, 2.75) is 33.2 Å². The van der Waals surface area contributed by atoms with Crippen molar-refractivity contribution in [3.8, 4) is 11.6 Å². The van der Waals surface area contributed by atoms with E-state index >= 15 is 0 Å². The summed E-state index contributed by atoms with van der Waals surface area (Å²) in [5, 5.41) is 3.27. The number of halogens is 1. The van der Waals surface area contributed by atoms with Crippen molar-refractivity contribution < 1.29 is 4.74 Å². The molecule has 1 aromatic carbocycles. The van der Waals surface area contributed by atoms with E-state index in [0.29, 0.717) is 11.8 Å². The SMILES string of the molecule is CCNCc1cccc(Oc2ccc(Br)cc2C(C)C)n1. The molecule has 1 N–H and O–H groups in total. The maximum atomic E-state index is 5.99. The summed E-state index contributed by atoms with van der Waals surface area (Å²) in [4.78, 5) is 4.53. The third kappa shape index (κ3) is 4.55. The molecule has 2 aromatic rings. The molecule has 112 valence electrons. The summed E-state index contributed by atoms with van der Waals surface area (Å²) in [6.45, 7) is 8.08. The lowest BCUT2D eigenvalue weighted by Gasteiger charge is -2.14. The first-order valence-electron chi connectivity index (χ1n) is 7.24. The molecule has 0 fully saturated rings. The number of rotatable bonds is 6. The molecule has 2 rings (SSSR count). The van der Waals surface area contributed by atoms with Gasteiger partial charge in [-0.3, -0.25) is 0 Å². The second-order valence-corrected chi connectivity index (χ2v) is 6.10. The van der Waals surface area contributed by atoms with Crippen LogP contribution in [0.2, 0.25) is 0 Å². The molecule has 0 unspecified atom stereocenters. The molecule has 0 spiro atoms. The minimum atomic E-state index is 0.391. The summed E-state index contributed by atoms with van der Waals surface area (Å²) in [6, 6.07) is 11.9. The lowest BCUT2D eigenvalue weighted by Crippen LogP contribution is -2.12. The zero-order chi connectivity index (χ0) is 15.2. The fourth-order valence-corrected chi connectivity index (χ4v) is 2.42. The number of hydrogen-bond donors (Lipinski definition) is 1. The largest absolute Gasteiger partial charge is 0.439 e. The summed E-state index contributed by atoms with van der Waals surface area (Å²) in [6.07, 6.45) is 0. The fourth-order valence-electron chi connectivity index (χ4n) is 2.04. The number of nitrogens with one attached hydrogen (secondary N) is 1. The Morgan fingerprint density at radius 2 is 2.05 bits per heavy atom. The van der Waals surface area contributed by atoms with Crippen LogP contribution in [0.5, 0.6) is 11.6 Å². The molecule has 4 heteroatoms. The van der Waals surface area contributed by atoms with Crippen LogP contribution >= 0.6 is 15.9 Å². The fraction of sp³-hybridized carbons (Fsp3) is 0.353. The minimum Gasteiger partial charge on any atom is -0.439 e. The van der Waals surface area contributed by atoms with Crippen molar-refractivity contribution in [2.24, 2.45) is 0 Å². The van der Waals surface area contributed by atoms with Gasteiger partial charge < -0.3 is 10.1 Å². The predicted octanol–water partition coefficient (Wildman–Crippen LogP) is 4.87. The summed E-state index contributed by atoms with van der Waals surface area (Å²) in [5.74, 6) is 1.89. The summed E-state index contributed by atoms with van der Waals surface area (Å²) >= 11 is 3.51. The Morgan fingerprint density at radius 3 is 2.76 bits per heavy atom. The minimum absolute atomic E-state index is 0.391. The van der Waals surface area contributed by atoms with Crippen molar-refractivity contribution in [2.75, 3.05) is 6.54 Å². The molecule has 0 saturated heterocycles. The van der Waals surface area contributed by atoms with Gasteiger partial charge in [-0.05, 0) is 42.3 Å². The highest BCUT2D eigenvalue weighted by Crippen LogP contribution is 2.32. The molecule has 0 amide bonds. The maximum absolute atomic E-state index is 5.99. The lowest BCUT2D eigenvalue weighted by atomic mass is 10.0. The molecule has 0 aliphatic carbocycles. The van der Waals surface area contributed by atoms with Crippen LogP contribution in [0.15, 0.2) is 40.9 Å². The first kappa shape index (κ1) is 16.0. The zero-order valence-electron chi connectivity index (χ0n) is 12.7. The van der Waals surface area contributed by atoms with E-state index in [-0.39, 0.29) is 0 Å². The average molecular weight is 349 g/mol. The third-order valence-corrected chi connectivity index (χ3v) is 3.64. The van der Waals surface area contributed by atoms with Gasteiger partial charge in [0.1, 0.15) is 5.75 Å². The van der Waals surface area contributed by atoms with E-state index in [1.54, 1.807) is 0 Å². The Kier molecular flexibility index (Phi) is 5.76. The summed E-state index contributed by atoms with van der Waals surface area (Å²) < 4.78 is 7.05. The van der Waals surface area contributed by atoms with Crippen molar-refractivity contribution in [1.29, 1.82) is 0 Å². The number of aromatic nitrogens is 1. The standard InChI is InChI=1S/C17H21BrN2O/c1-4-19-11-14-6-5-7-17(20-14)21-16-9-8-13(18)10-15(16)12(2)3/h5-10,12,19H,4,11H2,1-3H3. The van der Waals surface area contributed by atoms with Crippen molar-refractivity contribution >= 4 is 15.9 Å². The van der Waals surface area contributed by atoms with Crippen LogP contribution in [0, 0.1) is 0 Å². The predicted molar refractivity (Wildman–Crippen MR) is 89.9 cm³/mol. The molecule has 0 radical (unpaired) electrons. The van der Waals surface area contributed by atoms with E-state index in [4.69, 9.17) is 4.74 Å². The summed E-state index contributed by atoms with van der Waals surface area (Å²) in [5.41, 5.74) is 2.15. The molecule has 0 aliphatic rings. The van der Waals surface area contributed by atoms with Crippen LogP contribution in [0.3, 0.4) is 0 Å². The molecule has 21 heavy (non-hydrogen) atoms. The second-order valence-electron chi connectivity index (χ2n) is 5.19. The van der Waals surface area contributed by atoms with Gasteiger partial charge >= 0.3 is 0 Å². The van der Waals surface area contributed by atoms with E-state index in [1.165, 1.54) is 5.56 Å². The highest BCUT2D eigenvalue weighted by molar-refractivity contribution is 9.10. The van der Waals surface area contributed by atoms with Gasteiger partial charge in [-0.25, -0.2) is 4.98 Å². The lowest BCUT2D eigenvalue weighted by molar-refractivity contribution is 0.451. The molecular weight excluding hydrogens is 328 g/mol. The average Bonchev–Trinajstić information content (AvgIpc) is 2.47. The Balaban J connectivity index is 2.22. The zero-order valence-corrected chi connectivity index (χ0v) is 14.3. The topological polar surface area (TPSA) is 34.1 Å². The quantitative estimate of drug-likeness (QED) is 0.808. The number of pyridine rings is 1. The Bertz CT molecular complexity index is 599. The van der Waals surface area contributed by atoms with E-state index in [9.17, 15) is 0 Å². The van der Waals surface area contributed by atoms with E-state index in [2.05, 4.69) is 53.1 Å². The van der Waals surface area contributed by atoms with E-state index < -0.39 is 0 Å². The first-order valence-corrected chi connectivity index (χ1v) is 8.03. The van der Waals surface area contributed by atoms with Gasteiger partial charge in [0.05, 0.1) is 5.69 Å². The normalized spacial score (nSPS) is 10.9. The Labute approximate surface area is 134 Å². The highest BCUT2D eigenvalue weighted by Gasteiger charge is 2.10. The molecule has 3 nitrogen and oxygen atoms in total. The number of benzene rings is 1. The second kappa shape index (κ2) is 7.57. The Morgan fingerprint density at radius 1 is 1.24 bits per heavy atom. The van der Waals surface area contributed by atoms with Crippen molar-refractivity contribution in [3.63, 3.8) is 0 Å². The molecule has 1 heterocycles. The summed E-state index contributed by atoms with van der Waals surface area (Å²) in [7, 11) is 0. The molecule has 0 saturated carbocycles. The number of nitrogens with zero attached hydrogens (tertiary/aromatic N) is 1. The smallest absolute Gasteiger partial charge is 0.219 e. The molecule has 0 aliphatic heterocycles. The van der Waals surface area contributed by atoms with E-state index in [0.717, 1.165) is 29.0 Å². The van der Waals surface area contributed by atoms with Gasteiger partial charge in [-0.1, -0.05) is 42.8 Å². The van der Waals surface area contributed by atoms with Gasteiger partial charge in [-0.15, -0.1) is 0 Å². The van der Waals surface area contributed by atoms with Crippen LogP contribution in [-0.2, 0) is 6.54 Å². The van der Waals surface area contributed by atoms with Crippen LogP contribution in [0.25, 0.3) is 0 Å². The van der Waals surface area contributed by atoms with Gasteiger partial charge in [-0.2, -0.15) is 0 Å². The first-order chi connectivity index (χ1) is 10.1. The number of ether oxygens (including phenoxy) is 1. The van der Waals surface area contributed by atoms with Crippen LogP contribution in [0.1, 0.15) is 37.9 Å². The van der Waals surface area contributed by atoms with Crippen LogP contribution in [-0.4, -0.2) is 11.5 Å². The molecule has 0 atom stereocenters.